The molecule has 0 radical (unpaired) electrons. The van der Waals surface area contributed by atoms with Crippen LogP contribution >= 0.6 is 0 Å². The molecule has 23 heavy (non-hydrogen) atoms. The van der Waals surface area contributed by atoms with Crippen LogP contribution in [0.25, 0.3) is 5.57 Å². The van der Waals surface area contributed by atoms with Gasteiger partial charge in [0.05, 0.1) is 6.04 Å². The first kappa shape index (κ1) is 15.4. The maximum Gasteiger partial charge on any atom is 0.133 e. The van der Waals surface area contributed by atoms with Gasteiger partial charge in [0.15, 0.2) is 0 Å². The smallest absolute Gasteiger partial charge is 0.133 e. The van der Waals surface area contributed by atoms with Gasteiger partial charge in [0, 0.05) is 17.3 Å². The monoisotopic (exact) mass is 312 g/mol. The molecule has 118 valence electrons. The van der Waals surface area contributed by atoms with Crippen molar-refractivity contribution in [3.63, 3.8) is 0 Å². The fourth-order valence-electron chi connectivity index (χ4n) is 2.70. The maximum atomic E-state index is 13.5. The van der Waals surface area contributed by atoms with E-state index >= 15 is 0 Å². The molecule has 0 fully saturated rings. The zero-order valence-corrected chi connectivity index (χ0v) is 13.1. The van der Waals surface area contributed by atoms with E-state index in [1.165, 1.54) is 24.3 Å². The van der Waals surface area contributed by atoms with Gasteiger partial charge in [0.25, 0.3) is 0 Å². The van der Waals surface area contributed by atoms with Crippen molar-refractivity contribution in [3.05, 3.63) is 77.5 Å². The largest absolute Gasteiger partial charge is 0.346 e. The Kier molecular flexibility index (Phi) is 4.24. The highest BCUT2D eigenvalue weighted by Crippen LogP contribution is 2.28. The van der Waals surface area contributed by atoms with E-state index in [0.717, 1.165) is 11.1 Å². The van der Waals surface area contributed by atoms with Gasteiger partial charge in [-0.1, -0.05) is 38.1 Å². The lowest BCUT2D eigenvalue weighted by atomic mass is 9.90. The van der Waals surface area contributed by atoms with Crippen LogP contribution in [0.5, 0.6) is 0 Å². The van der Waals surface area contributed by atoms with E-state index in [4.69, 9.17) is 4.99 Å². The number of halogens is 2. The van der Waals surface area contributed by atoms with Crippen LogP contribution < -0.4 is 5.32 Å². The van der Waals surface area contributed by atoms with Crippen LogP contribution in [0.4, 0.5) is 8.78 Å². The summed E-state index contributed by atoms with van der Waals surface area (Å²) in [6.07, 6.45) is 1.84. The van der Waals surface area contributed by atoms with Crippen molar-refractivity contribution in [3.8, 4) is 0 Å². The lowest BCUT2D eigenvalue weighted by molar-refractivity contribution is 0.577. The molecule has 1 aliphatic heterocycles. The highest BCUT2D eigenvalue weighted by molar-refractivity contribution is 6.02. The molecule has 4 heteroatoms. The first-order valence-corrected chi connectivity index (χ1v) is 7.61. The number of nitrogens with one attached hydrogen (secondary N) is 1. The average molecular weight is 312 g/mol. The summed E-state index contributed by atoms with van der Waals surface area (Å²) in [5.41, 5.74) is 2.43. The van der Waals surface area contributed by atoms with Crippen LogP contribution in [0.2, 0.25) is 0 Å². The van der Waals surface area contributed by atoms with Crippen molar-refractivity contribution in [1.82, 2.24) is 5.32 Å². The van der Waals surface area contributed by atoms with Gasteiger partial charge < -0.3 is 5.32 Å². The summed E-state index contributed by atoms with van der Waals surface area (Å²) in [5, 5.41) is 3.11. The number of aliphatic imine (C=N–C) groups is 1. The third-order valence-corrected chi connectivity index (χ3v) is 3.84. The van der Waals surface area contributed by atoms with Crippen molar-refractivity contribution in [1.29, 1.82) is 0 Å². The van der Waals surface area contributed by atoms with E-state index in [1.54, 1.807) is 12.1 Å². The van der Waals surface area contributed by atoms with Crippen LogP contribution in [-0.2, 0) is 0 Å². The molecule has 0 amide bonds. The van der Waals surface area contributed by atoms with Crippen molar-refractivity contribution in [2.45, 2.75) is 19.9 Å². The Bertz CT molecular complexity index is 778. The number of rotatable bonds is 3. The Hall–Kier alpha value is -2.49. The molecule has 1 atom stereocenters. The normalized spacial score (nSPS) is 17.5. The first-order valence-electron chi connectivity index (χ1n) is 7.61. The van der Waals surface area contributed by atoms with Crippen LogP contribution in [-0.4, -0.2) is 11.9 Å². The zero-order valence-electron chi connectivity index (χ0n) is 13.1. The number of amidine groups is 1. The molecule has 2 nitrogen and oxygen atoms in total. The molecule has 0 saturated carbocycles. The third-order valence-electron chi connectivity index (χ3n) is 3.84. The lowest BCUT2D eigenvalue weighted by Crippen LogP contribution is -2.30. The Labute approximate surface area is 134 Å². The van der Waals surface area contributed by atoms with Crippen LogP contribution in [0.15, 0.2) is 59.7 Å². The van der Waals surface area contributed by atoms with Gasteiger partial charge in [-0.3, -0.25) is 4.99 Å². The summed E-state index contributed by atoms with van der Waals surface area (Å²) in [6, 6.07) is 12.7. The predicted octanol–water partition coefficient (Wildman–Crippen LogP) is 4.38. The number of hydrogen-bond acceptors (Lipinski definition) is 2. The first-order chi connectivity index (χ1) is 11.0. The van der Waals surface area contributed by atoms with Crippen LogP contribution in [0.1, 0.15) is 25.0 Å². The van der Waals surface area contributed by atoms with Gasteiger partial charge in [0.1, 0.15) is 17.5 Å². The van der Waals surface area contributed by atoms with E-state index in [9.17, 15) is 8.78 Å². The molecule has 1 heterocycles. The molecule has 1 N–H and O–H groups in total. The minimum Gasteiger partial charge on any atom is -0.346 e. The van der Waals surface area contributed by atoms with Crippen molar-refractivity contribution in [2.24, 2.45) is 10.9 Å². The van der Waals surface area contributed by atoms with Crippen LogP contribution in [0.3, 0.4) is 0 Å². The quantitative estimate of drug-likeness (QED) is 0.893. The van der Waals surface area contributed by atoms with Gasteiger partial charge >= 0.3 is 0 Å². The Morgan fingerprint density at radius 3 is 2.17 bits per heavy atom. The Morgan fingerprint density at radius 1 is 0.957 bits per heavy atom. The highest BCUT2D eigenvalue weighted by atomic mass is 19.1. The molecule has 0 saturated heterocycles. The maximum absolute atomic E-state index is 13.5. The fraction of sp³-hybridized carbons (Fsp3) is 0.211. The average Bonchev–Trinajstić information content (AvgIpc) is 2.54. The SMILES string of the molecule is CC(C)C1N=C(c2cccc(F)c2)NC=C1c1cccc(F)c1. The summed E-state index contributed by atoms with van der Waals surface area (Å²) in [6.45, 7) is 4.13. The summed E-state index contributed by atoms with van der Waals surface area (Å²) in [5.74, 6) is 0.289. The highest BCUT2D eigenvalue weighted by Gasteiger charge is 2.24. The van der Waals surface area contributed by atoms with Gasteiger partial charge in [0.2, 0.25) is 0 Å². The van der Waals surface area contributed by atoms with E-state index in [1.807, 2.05) is 18.3 Å². The topological polar surface area (TPSA) is 24.4 Å². The van der Waals surface area contributed by atoms with Gasteiger partial charge in [-0.15, -0.1) is 0 Å². The molecular weight excluding hydrogens is 294 g/mol. The molecule has 0 aromatic heterocycles. The standard InChI is InChI=1S/C19H18F2N2/c1-12(2)18-17(13-5-3-7-15(20)9-13)11-22-19(23-18)14-6-4-8-16(21)10-14/h3-12,18H,1-2H3,(H,22,23). The van der Waals surface area contributed by atoms with Crippen molar-refractivity contribution in [2.75, 3.05) is 0 Å². The summed E-state index contributed by atoms with van der Waals surface area (Å²) < 4.78 is 26.9. The molecule has 0 spiro atoms. The van der Waals surface area contributed by atoms with E-state index in [0.29, 0.717) is 11.4 Å². The Morgan fingerprint density at radius 2 is 1.57 bits per heavy atom. The minimum atomic E-state index is -0.298. The van der Waals surface area contributed by atoms with Gasteiger partial charge in [-0.2, -0.15) is 0 Å². The van der Waals surface area contributed by atoms with Crippen LogP contribution in [0, 0.1) is 17.6 Å². The molecule has 3 rings (SSSR count). The predicted molar refractivity (Wildman–Crippen MR) is 89.1 cm³/mol. The summed E-state index contributed by atoms with van der Waals surface area (Å²) >= 11 is 0. The lowest BCUT2D eigenvalue weighted by Gasteiger charge is -2.26. The summed E-state index contributed by atoms with van der Waals surface area (Å²) in [4.78, 5) is 4.73. The molecular formula is C19H18F2N2. The third kappa shape index (κ3) is 3.31. The summed E-state index contributed by atoms with van der Waals surface area (Å²) in [7, 11) is 0. The molecule has 1 unspecified atom stereocenters. The Balaban J connectivity index is 1.97. The van der Waals surface area contributed by atoms with Crippen molar-refractivity contribution < 1.29 is 8.78 Å². The van der Waals surface area contributed by atoms with Gasteiger partial charge in [-0.25, -0.2) is 8.78 Å². The number of nitrogens with zero attached hydrogens (tertiary/aromatic N) is 1. The number of benzene rings is 2. The molecule has 0 aliphatic carbocycles. The molecule has 2 aromatic rings. The zero-order chi connectivity index (χ0) is 16.4. The fourth-order valence-corrected chi connectivity index (χ4v) is 2.70. The second kappa shape index (κ2) is 6.32. The second-order valence-corrected chi connectivity index (χ2v) is 5.93. The van der Waals surface area contributed by atoms with Gasteiger partial charge in [-0.05, 0) is 35.7 Å². The van der Waals surface area contributed by atoms with E-state index < -0.39 is 0 Å². The molecule has 0 bridgehead atoms. The minimum absolute atomic E-state index is 0.115. The molecule has 1 aliphatic rings. The van der Waals surface area contributed by atoms with E-state index in [2.05, 4.69) is 19.2 Å². The van der Waals surface area contributed by atoms with Crippen molar-refractivity contribution >= 4 is 11.4 Å². The number of hydrogen-bond donors (Lipinski definition) is 1. The second-order valence-electron chi connectivity index (χ2n) is 5.93. The van der Waals surface area contributed by atoms with E-state index in [-0.39, 0.29) is 23.6 Å². The molecule has 2 aromatic carbocycles.